The van der Waals surface area contributed by atoms with Gasteiger partial charge in [-0.3, -0.25) is 0 Å². The molecular weight excluding hydrogens is 495 g/mol. The average Bonchev–Trinajstić information content (AvgIpc) is 2.93. The van der Waals surface area contributed by atoms with Gasteiger partial charge < -0.3 is 24.7 Å². The summed E-state index contributed by atoms with van der Waals surface area (Å²) in [5, 5.41) is 9.17. The fraction of sp³-hybridized carbons (Fsp3) is 0.667. The summed E-state index contributed by atoms with van der Waals surface area (Å²) in [6, 6.07) is 3.12. The van der Waals surface area contributed by atoms with Crippen molar-refractivity contribution in [3.05, 3.63) is 29.5 Å². The van der Waals surface area contributed by atoms with Crippen LogP contribution in [0.3, 0.4) is 0 Å². The van der Waals surface area contributed by atoms with Crippen molar-refractivity contribution in [2.24, 2.45) is 0 Å². The third-order valence-corrected chi connectivity index (χ3v) is 7.86. The van der Waals surface area contributed by atoms with E-state index >= 15 is 0 Å². The van der Waals surface area contributed by atoms with Crippen LogP contribution in [0.25, 0.3) is 0 Å². The number of piperazine rings is 1. The van der Waals surface area contributed by atoms with E-state index in [-0.39, 0.29) is 24.9 Å². The molecule has 0 aromatic carbocycles. The predicted molar refractivity (Wildman–Crippen MR) is 143 cm³/mol. The second-order valence-corrected chi connectivity index (χ2v) is 10.7. The van der Waals surface area contributed by atoms with Gasteiger partial charge in [0, 0.05) is 70.7 Å². The third-order valence-electron chi connectivity index (χ3n) is 7.86. The number of pyridine rings is 1. The summed E-state index contributed by atoms with van der Waals surface area (Å²) < 4.78 is 41.8. The molecule has 0 spiro atoms. The lowest BCUT2D eigenvalue weighted by Crippen LogP contribution is -2.53. The Balaban J connectivity index is 1.40. The number of hydrogen-bond donors (Lipinski definition) is 1. The molecule has 1 N–H and O–H groups in total. The summed E-state index contributed by atoms with van der Waals surface area (Å²) in [5.41, 5.74) is -0.363. The van der Waals surface area contributed by atoms with E-state index in [9.17, 15) is 13.2 Å². The first-order valence-electron chi connectivity index (χ1n) is 13.9. The second kappa shape index (κ2) is 11.5. The van der Waals surface area contributed by atoms with Crippen LogP contribution < -0.4 is 19.6 Å². The van der Waals surface area contributed by atoms with Gasteiger partial charge in [-0.1, -0.05) is 0 Å². The highest BCUT2D eigenvalue weighted by Crippen LogP contribution is 2.37. The first-order valence-corrected chi connectivity index (χ1v) is 13.9. The molecule has 3 aliphatic heterocycles. The molecule has 208 valence electrons. The van der Waals surface area contributed by atoms with Crippen LogP contribution in [0.1, 0.15) is 56.6 Å². The molecule has 3 aliphatic rings. The number of nitrogens with zero attached hydrogens (tertiary/aromatic N) is 7. The number of halogens is 3. The van der Waals surface area contributed by atoms with Gasteiger partial charge in [-0.15, -0.1) is 0 Å². The highest BCUT2D eigenvalue weighted by atomic mass is 19.4. The molecule has 38 heavy (non-hydrogen) atoms. The van der Waals surface area contributed by atoms with E-state index < -0.39 is 11.7 Å². The van der Waals surface area contributed by atoms with Crippen LogP contribution in [-0.4, -0.2) is 78.5 Å². The number of piperidine rings is 2. The van der Waals surface area contributed by atoms with Crippen molar-refractivity contribution < 1.29 is 18.3 Å². The molecule has 0 saturated carbocycles. The van der Waals surface area contributed by atoms with Crippen molar-refractivity contribution in [1.29, 1.82) is 0 Å². The Kier molecular flexibility index (Phi) is 8.11. The van der Waals surface area contributed by atoms with E-state index in [0.717, 1.165) is 75.5 Å². The van der Waals surface area contributed by atoms with Crippen LogP contribution in [0.2, 0.25) is 0 Å². The van der Waals surface area contributed by atoms with Crippen molar-refractivity contribution in [3.8, 4) is 0 Å². The molecule has 11 heteroatoms. The minimum atomic E-state index is -4.52. The summed E-state index contributed by atoms with van der Waals surface area (Å²) in [6.07, 6.45) is 4.10. The highest BCUT2D eigenvalue weighted by Gasteiger charge is 2.38. The Morgan fingerprint density at radius 2 is 1.50 bits per heavy atom. The van der Waals surface area contributed by atoms with Gasteiger partial charge in [0.2, 0.25) is 5.95 Å². The van der Waals surface area contributed by atoms with Gasteiger partial charge in [0.25, 0.3) is 0 Å². The number of aromatic nitrogens is 3. The maximum atomic E-state index is 13.9. The molecule has 8 nitrogen and oxygen atoms in total. The Morgan fingerprint density at radius 1 is 0.842 bits per heavy atom. The van der Waals surface area contributed by atoms with Crippen molar-refractivity contribution in [2.45, 2.75) is 64.1 Å². The Bertz CT molecular complexity index is 1050. The van der Waals surface area contributed by atoms with Gasteiger partial charge in [0.05, 0.1) is 5.56 Å². The van der Waals surface area contributed by atoms with Crippen LogP contribution in [0.5, 0.6) is 0 Å². The lowest BCUT2D eigenvalue weighted by molar-refractivity contribution is -0.137. The van der Waals surface area contributed by atoms with E-state index in [4.69, 9.17) is 15.1 Å². The van der Waals surface area contributed by atoms with Crippen molar-refractivity contribution >= 4 is 23.4 Å². The van der Waals surface area contributed by atoms with Crippen LogP contribution in [0.15, 0.2) is 18.3 Å². The lowest BCUT2D eigenvalue weighted by Gasteiger charge is -2.42. The minimum absolute atomic E-state index is 0.0450. The fourth-order valence-electron chi connectivity index (χ4n) is 5.79. The molecule has 0 unspecified atom stereocenters. The number of anilines is 4. The zero-order valence-corrected chi connectivity index (χ0v) is 22.1. The van der Waals surface area contributed by atoms with E-state index in [2.05, 4.69) is 25.8 Å². The lowest BCUT2D eigenvalue weighted by atomic mass is 10.1. The molecule has 3 fully saturated rings. The maximum absolute atomic E-state index is 13.9. The molecule has 1 atom stereocenters. The summed E-state index contributed by atoms with van der Waals surface area (Å²) in [5.74, 6) is 2.51. The molecule has 0 aliphatic carbocycles. The SMILES string of the molecule is C[C@@H]1CN(c2ncc(CCO)cc2C(F)(F)F)CCN1c1cc(N2CCCCC2)nc(N2CCCCC2)n1. The number of hydrogen-bond acceptors (Lipinski definition) is 8. The second-order valence-electron chi connectivity index (χ2n) is 10.7. The van der Waals surface area contributed by atoms with Gasteiger partial charge >= 0.3 is 6.18 Å². The van der Waals surface area contributed by atoms with Gasteiger partial charge in [0.1, 0.15) is 17.5 Å². The topological polar surface area (TPSA) is 71.9 Å². The van der Waals surface area contributed by atoms with Crippen LogP contribution in [0.4, 0.5) is 36.6 Å². The molecule has 2 aromatic rings. The molecule has 5 rings (SSSR count). The molecule has 3 saturated heterocycles. The third kappa shape index (κ3) is 5.92. The number of rotatable bonds is 6. The smallest absolute Gasteiger partial charge is 0.396 e. The van der Waals surface area contributed by atoms with Crippen molar-refractivity contribution in [3.63, 3.8) is 0 Å². The first-order chi connectivity index (χ1) is 18.3. The largest absolute Gasteiger partial charge is 0.419 e. The minimum Gasteiger partial charge on any atom is -0.396 e. The molecule has 0 amide bonds. The van der Waals surface area contributed by atoms with E-state index in [1.54, 1.807) is 4.90 Å². The normalized spacial score (nSPS) is 21.2. The maximum Gasteiger partial charge on any atom is 0.419 e. The van der Waals surface area contributed by atoms with Gasteiger partial charge in [-0.2, -0.15) is 23.1 Å². The molecule has 0 radical (unpaired) electrons. The summed E-state index contributed by atoms with van der Waals surface area (Å²) in [7, 11) is 0. The monoisotopic (exact) mass is 533 g/mol. The Morgan fingerprint density at radius 3 is 2.13 bits per heavy atom. The fourth-order valence-corrected chi connectivity index (χ4v) is 5.79. The molecular formula is C27H38F3N7O. The van der Waals surface area contributed by atoms with Gasteiger partial charge in [0.15, 0.2) is 0 Å². The van der Waals surface area contributed by atoms with Crippen LogP contribution in [-0.2, 0) is 12.6 Å². The van der Waals surface area contributed by atoms with E-state index in [1.807, 2.05) is 6.92 Å². The zero-order chi connectivity index (χ0) is 26.7. The van der Waals surface area contributed by atoms with Gasteiger partial charge in [-0.25, -0.2) is 4.98 Å². The quantitative estimate of drug-likeness (QED) is 0.595. The van der Waals surface area contributed by atoms with Crippen molar-refractivity contribution in [1.82, 2.24) is 15.0 Å². The van der Waals surface area contributed by atoms with Crippen LogP contribution >= 0.6 is 0 Å². The van der Waals surface area contributed by atoms with Crippen molar-refractivity contribution in [2.75, 3.05) is 72.0 Å². The summed E-state index contributed by atoms with van der Waals surface area (Å²) in [6.45, 7) is 7.02. The molecule has 5 heterocycles. The average molecular weight is 534 g/mol. The number of aliphatic hydroxyl groups is 1. The van der Waals surface area contributed by atoms with Crippen LogP contribution in [0, 0.1) is 0 Å². The summed E-state index contributed by atoms with van der Waals surface area (Å²) >= 11 is 0. The molecule has 2 aromatic heterocycles. The van der Waals surface area contributed by atoms with E-state index in [1.165, 1.54) is 19.0 Å². The Hall–Kier alpha value is -2.82. The Labute approximate surface area is 222 Å². The highest BCUT2D eigenvalue weighted by molar-refractivity contribution is 5.58. The molecule has 0 bridgehead atoms. The standard InChI is InChI=1S/C27H38F3N7O/c1-20-19-36(25-22(27(28,29)30)16-21(8-15-38)18-31-25)13-14-37(20)24-17-23(34-9-4-2-5-10-34)32-26(33-24)35-11-6-3-7-12-35/h16-18,20,38H,2-15,19H2,1H3/t20-/m1/s1. The van der Waals surface area contributed by atoms with E-state index in [0.29, 0.717) is 25.2 Å². The number of aliphatic hydroxyl groups excluding tert-OH is 1. The first kappa shape index (κ1) is 26.8. The zero-order valence-electron chi connectivity index (χ0n) is 22.1. The van der Waals surface area contributed by atoms with Gasteiger partial charge in [-0.05, 0) is 63.5 Å². The summed E-state index contributed by atoms with van der Waals surface area (Å²) in [4.78, 5) is 22.7. The predicted octanol–water partition coefficient (Wildman–Crippen LogP) is 4.12. The number of alkyl halides is 3.